The van der Waals surface area contributed by atoms with Crippen LogP contribution in [0.25, 0.3) is 0 Å². The fourth-order valence-corrected chi connectivity index (χ4v) is 3.35. The zero-order chi connectivity index (χ0) is 18.1. The quantitative estimate of drug-likeness (QED) is 0.757. The summed E-state index contributed by atoms with van der Waals surface area (Å²) < 4.78 is 0. The van der Waals surface area contributed by atoms with E-state index in [9.17, 15) is 14.7 Å². The maximum atomic E-state index is 12.2. The molecule has 3 N–H and O–H groups in total. The highest BCUT2D eigenvalue weighted by Crippen LogP contribution is 2.52. The Bertz CT molecular complexity index is 632. The van der Waals surface area contributed by atoms with E-state index in [1.165, 1.54) is 6.33 Å². The van der Waals surface area contributed by atoms with Crippen molar-refractivity contribution in [3.8, 4) is 0 Å². The lowest BCUT2D eigenvalue weighted by molar-refractivity contribution is -0.160. The van der Waals surface area contributed by atoms with Gasteiger partial charge in [-0.3, -0.25) is 10.1 Å². The molecule has 0 aromatic carbocycles. The van der Waals surface area contributed by atoms with Gasteiger partial charge in [0.1, 0.15) is 18.0 Å². The third kappa shape index (κ3) is 3.58. The molecule has 2 rings (SSSR count). The SMILES string of the molecule is CC(NC(=O)Nc1cc(N(C)C)ncn1)[C@@H]1C[C@H](C(=O)O)C1(C)C. The first-order valence-electron chi connectivity index (χ1n) is 7.92. The lowest BCUT2D eigenvalue weighted by Crippen LogP contribution is -2.57. The number of rotatable bonds is 5. The van der Waals surface area contributed by atoms with Crippen LogP contribution in [0.15, 0.2) is 12.4 Å². The number of urea groups is 1. The van der Waals surface area contributed by atoms with Crippen LogP contribution in [0.4, 0.5) is 16.4 Å². The molecule has 1 heterocycles. The van der Waals surface area contributed by atoms with Gasteiger partial charge in [-0.25, -0.2) is 14.8 Å². The van der Waals surface area contributed by atoms with Crippen molar-refractivity contribution in [3.63, 3.8) is 0 Å². The summed E-state index contributed by atoms with van der Waals surface area (Å²) in [6.07, 6.45) is 1.96. The van der Waals surface area contributed by atoms with Crippen LogP contribution in [0.1, 0.15) is 27.2 Å². The Morgan fingerprint density at radius 3 is 2.58 bits per heavy atom. The first-order valence-corrected chi connectivity index (χ1v) is 7.92. The topological polar surface area (TPSA) is 107 Å². The molecule has 0 spiro atoms. The Balaban J connectivity index is 1.93. The van der Waals surface area contributed by atoms with Crippen LogP contribution in [-0.4, -0.2) is 47.2 Å². The average Bonchev–Trinajstić information content (AvgIpc) is 2.45. The first kappa shape index (κ1) is 18.0. The van der Waals surface area contributed by atoms with Gasteiger partial charge in [-0.1, -0.05) is 13.8 Å². The molecule has 24 heavy (non-hydrogen) atoms. The molecule has 2 amide bonds. The molecule has 1 fully saturated rings. The van der Waals surface area contributed by atoms with Crippen LogP contribution in [0.2, 0.25) is 0 Å². The molecule has 1 saturated carbocycles. The number of hydrogen-bond acceptors (Lipinski definition) is 5. The number of carboxylic acids is 1. The van der Waals surface area contributed by atoms with Gasteiger partial charge in [-0.15, -0.1) is 0 Å². The number of hydrogen-bond donors (Lipinski definition) is 3. The minimum Gasteiger partial charge on any atom is -0.481 e. The van der Waals surface area contributed by atoms with Crippen molar-refractivity contribution in [1.82, 2.24) is 15.3 Å². The summed E-state index contributed by atoms with van der Waals surface area (Å²) in [6.45, 7) is 5.77. The van der Waals surface area contributed by atoms with Gasteiger partial charge in [0.15, 0.2) is 0 Å². The van der Waals surface area contributed by atoms with E-state index in [2.05, 4.69) is 20.6 Å². The minimum absolute atomic E-state index is 0.118. The van der Waals surface area contributed by atoms with Crippen LogP contribution in [0.5, 0.6) is 0 Å². The average molecular weight is 335 g/mol. The van der Waals surface area contributed by atoms with Crippen LogP contribution in [0.3, 0.4) is 0 Å². The summed E-state index contributed by atoms with van der Waals surface area (Å²) in [4.78, 5) is 33.3. The van der Waals surface area contributed by atoms with E-state index in [4.69, 9.17) is 0 Å². The van der Waals surface area contributed by atoms with Gasteiger partial charge < -0.3 is 15.3 Å². The summed E-state index contributed by atoms with van der Waals surface area (Å²) in [5, 5.41) is 14.8. The Morgan fingerprint density at radius 2 is 2.04 bits per heavy atom. The highest BCUT2D eigenvalue weighted by molar-refractivity contribution is 5.88. The van der Waals surface area contributed by atoms with E-state index in [0.29, 0.717) is 18.1 Å². The molecule has 1 aliphatic rings. The molecule has 8 heteroatoms. The van der Waals surface area contributed by atoms with Crippen molar-refractivity contribution in [2.75, 3.05) is 24.3 Å². The zero-order valence-electron chi connectivity index (χ0n) is 14.7. The maximum Gasteiger partial charge on any atom is 0.320 e. The molecule has 0 radical (unpaired) electrons. The summed E-state index contributed by atoms with van der Waals surface area (Å²) >= 11 is 0. The third-order valence-corrected chi connectivity index (χ3v) is 4.96. The normalized spacial score (nSPS) is 22.9. The summed E-state index contributed by atoms with van der Waals surface area (Å²) in [6, 6.07) is 1.18. The molecular formula is C16H25N5O3. The van der Waals surface area contributed by atoms with E-state index < -0.39 is 5.97 Å². The number of carbonyl (C=O) groups is 2. The second kappa shape index (κ2) is 6.62. The number of nitrogens with zero attached hydrogens (tertiary/aromatic N) is 3. The fraction of sp³-hybridized carbons (Fsp3) is 0.625. The fourth-order valence-electron chi connectivity index (χ4n) is 3.35. The molecule has 1 aromatic rings. The predicted molar refractivity (Wildman–Crippen MR) is 91.0 cm³/mol. The molecule has 0 saturated heterocycles. The number of carboxylic acid groups (broad SMARTS) is 1. The van der Waals surface area contributed by atoms with Crippen molar-refractivity contribution in [3.05, 3.63) is 12.4 Å². The Morgan fingerprint density at radius 1 is 1.38 bits per heavy atom. The smallest absolute Gasteiger partial charge is 0.320 e. The van der Waals surface area contributed by atoms with Crippen LogP contribution in [0, 0.1) is 17.3 Å². The summed E-state index contributed by atoms with van der Waals surface area (Å²) in [7, 11) is 3.71. The maximum absolute atomic E-state index is 12.2. The molecule has 8 nitrogen and oxygen atoms in total. The Kier molecular flexibility index (Phi) is 4.96. The van der Waals surface area contributed by atoms with Gasteiger partial charge in [0.2, 0.25) is 0 Å². The zero-order valence-corrected chi connectivity index (χ0v) is 14.7. The standard InChI is InChI=1S/C16H25N5O3/c1-9(10-6-11(14(22)23)16(10,2)3)19-15(24)20-12-7-13(21(4)5)18-8-17-12/h7-11H,6H2,1-5H3,(H,22,23)(H2,17,18,19,20,24)/t9?,10-,11+/m0/s1. The monoisotopic (exact) mass is 335 g/mol. The molecule has 132 valence electrons. The van der Waals surface area contributed by atoms with Gasteiger partial charge in [-0.2, -0.15) is 0 Å². The van der Waals surface area contributed by atoms with Gasteiger partial charge >= 0.3 is 12.0 Å². The molecule has 0 bridgehead atoms. The van der Waals surface area contributed by atoms with Crippen molar-refractivity contribution < 1.29 is 14.7 Å². The molecule has 1 aliphatic carbocycles. The van der Waals surface area contributed by atoms with Gasteiger partial charge in [0, 0.05) is 26.2 Å². The van der Waals surface area contributed by atoms with Crippen LogP contribution < -0.4 is 15.5 Å². The van der Waals surface area contributed by atoms with Gasteiger partial charge in [0.05, 0.1) is 5.92 Å². The highest BCUT2D eigenvalue weighted by Gasteiger charge is 2.53. The van der Waals surface area contributed by atoms with Crippen molar-refractivity contribution in [1.29, 1.82) is 0 Å². The second-order valence-electron chi connectivity index (χ2n) is 7.10. The van der Waals surface area contributed by atoms with E-state index in [-0.39, 0.29) is 29.3 Å². The molecular weight excluding hydrogens is 310 g/mol. The first-order chi connectivity index (χ1) is 11.1. The number of carbonyl (C=O) groups excluding carboxylic acids is 1. The second-order valence-corrected chi connectivity index (χ2v) is 7.10. The van der Waals surface area contributed by atoms with Crippen molar-refractivity contribution >= 4 is 23.6 Å². The van der Waals surface area contributed by atoms with Crippen molar-refractivity contribution in [2.24, 2.45) is 17.3 Å². The number of amides is 2. The lowest BCUT2D eigenvalue weighted by Gasteiger charge is -2.52. The van der Waals surface area contributed by atoms with E-state index in [1.807, 2.05) is 39.8 Å². The number of aromatic nitrogens is 2. The lowest BCUT2D eigenvalue weighted by atomic mass is 9.53. The van der Waals surface area contributed by atoms with E-state index in [1.54, 1.807) is 6.07 Å². The van der Waals surface area contributed by atoms with Crippen molar-refractivity contribution in [2.45, 2.75) is 33.2 Å². The summed E-state index contributed by atoms with van der Waals surface area (Å²) in [5.74, 6) is 0.0870. The summed E-state index contributed by atoms with van der Waals surface area (Å²) in [5.41, 5.74) is -0.342. The largest absolute Gasteiger partial charge is 0.481 e. The van der Waals surface area contributed by atoms with Crippen LogP contribution in [-0.2, 0) is 4.79 Å². The van der Waals surface area contributed by atoms with E-state index >= 15 is 0 Å². The molecule has 1 aromatic heterocycles. The van der Waals surface area contributed by atoms with Crippen LogP contribution >= 0.6 is 0 Å². The predicted octanol–water partition coefficient (Wildman–Crippen LogP) is 1.80. The molecule has 3 atom stereocenters. The highest BCUT2D eigenvalue weighted by atomic mass is 16.4. The minimum atomic E-state index is -0.773. The number of aliphatic carboxylic acids is 1. The third-order valence-electron chi connectivity index (χ3n) is 4.96. The molecule has 0 aliphatic heterocycles. The van der Waals surface area contributed by atoms with E-state index in [0.717, 1.165) is 0 Å². The number of anilines is 2. The number of nitrogens with one attached hydrogen (secondary N) is 2. The Hall–Kier alpha value is -2.38. The Labute approximate surface area is 141 Å². The van der Waals surface area contributed by atoms with Gasteiger partial charge in [0.25, 0.3) is 0 Å². The van der Waals surface area contributed by atoms with Gasteiger partial charge in [-0.05, 0) is 24.7 Å². The molecule has 1 unspecified atom stereocenters.